The summed E-state index contributed by atoms with van der Waals surface area (Å²) in [5.74, 6) is 0. The smallest absolute Gasteiger partial charge is 0.0922 e. The number of H-pyrrole nitrogens is 1. The van der Waals surface area contributed by atoms with E-state index in [-0.39, 0.29) is 0 Å². The van der Waals surface area contributed by atoms with Gasteiger partial charge in [0.25, 0.3) is 0 Å². The third kappa shape index (κ3) is 1.76. The number of hydrogen-bond donors (Lipinski definition) is 2. The van der Waals surface area contributed by atoms with Gasteiger partial charge in [0.2, 0.25) is 0 Å². The summed E-state index contributed by atoms with van der Waals surface area (Å²) in [7, 11) is 1.91. The van der Waals surface area contributed by atoms with Crippen LogP contribution in [0.1, 0.15) is 11.4 Å². The van der Waals surface area contributed by atoms with Crippen LogP contribution in [0.15, 0.2) is 18.7 Å². The molecular formula is C9H13N5. The topological polar surface area (TPSA) is 58.5 Å². The Bertz CT molecular complexity index is 401. The highest BCUT2D eigenvalue weighted by Gasteiger charge is 2.01. The first-order chi connectivity index (χ1) is 6.75. The predicted octanol–water partition coefficient (Wildman–Crippen LogP) is 1.06. The summed E-state index contributed by atoms with van der Waals surface area (Å²) in [6, 6.07) is 0. The van der Waals surface area contributed by atoms with E-state index in [0.29, 0.717) is 0 Å². The van der Waals surface area contributed by atoms with Gasteiger partial charge in [-0.05, 0) is 6.92 Å². The van der Waals surface area contributed by atoms with Crippen LogP contribution in [0.5, 0.6) is 0 Å². The number of aryl methyl sites for hydroxylation is 2. The zero-order valence-corrected chi connectivity index (χ0v) is 8.28. The normalized spacial score (nSPS) is 10.4. The van der Waals surface area contributed by atoms with Crippen LogP contribution in [0, 0.1) is 6.92 Å². The van der Waals surface area contributed by atoms with E-state index in [1.165, 1.54) is 0 Å². The molecule has 5 nitrogen and oxygen atoms in total. The Kier molecular flexibility index (Phi) is 2.22. The summed E-state index contributed by atoms with van der Waals surface area (Å²) in [5.41, 5.74) is 3.13. The Morgan fingerprint density at radius 2 is 2.43 bits per heavy atom. The lowest BCUT2D eigenvalue weighted by molar-refractivity contribution is 0.756. The van der Waals surface area contributed by atoms with Gasteiger partial charge in [-0.25, -0.2) is 4.98 Å². The Labute approximate surface area is 82.2 Å². The Hall–Kier alpha value is -1.78. The predicted molar refractivity (Wildman–Crippen MR) is 53.9 cm³/mol. The van der Waals surface area contributed by atoms with Gasteiger partial charge in [0.05, 0.1) is 29.9 Å². The van der Waals surface area contributed by atoms with Crippen molar-refractivity contribution in [3.05, 3.63) is 30.1 Å². The number of nitrogens with one attached hydrogen (secondary N) is 2. The molecule has 2 N–H and O–H groups in total. The molecule has 0 fully saturated rings. The molecule has 0 aliphatic heterocycles. The molecule has 5 heteroatoms. The molecule has 74 valence electrons. The summed E-state index contributed by atoms with van der Waals surface area (Å²) >= 11 is 0. The van der Waals surface area contributed by atoms with Gasteiger partial charge >= 0.3 is 0 Å². The van der Waals surface area contributed by atoms with Gasteiger partial charge in [0, 0.05) is 19.4 Å². The van der Waals surface area contributed by atoms with E-state index in [0.717, 1.165) is 23.6 Å². The Morgan fingerprint density at radius 1 is 1.57 bits per heavy atom. The van der Waals surface area contributed by atoms with E-state index in [1.54, 1.807) is 17.2 Å². The molecule has 2 heterocycles. The van der Waals surface area contributed by atoms with Gasteiger partial charge < -0.3 is 10.3 Å². The molecule has 0 atom stereocenters. The first-order valence-corrected chi connectivity index (χ1v) is 4.47. The second kappa shape index (κ2) is 3.53. The zero-order chi connectivity index (χ0) is 9.97. The van der Waals surface area contributed by atoms with Gasteiger partial charge in [0.15, 0.2) is 0 Å². The molecule has 0 saturated carbocycles. The van der Waals surface area contributed by atoms with Crippen molar-refractivity contribution in [3.63, 3.8) is 0 Å². The quantitative estimate of drug-likeness (QED) is 0.762. The van der Waals surface area contributed by atoms with Crippen LogP contribution in [0.25, 0.3) is 0 Å². The van der Waals surface area contributed by atoms with E-state index in [9.17, 15) is 0 Å². The fourth-order valence-corrected chi connectivity index (χ4v) is 1.34. The number of rotatable bonds is 3. The molecule has 0 radical (unpaired) electrons. The maximum atomic E-state index is 4.24. The highest BCUT2D eigenvalue weighted by molar-refractivity contribution is 5.45. The Balaban J connectivity index is 2.01. The number of aromatic nitrogens is 4. The van der Waals surface area contributed by atoms with E-state index in [4.69, 9.17) is 0 Å². The van der Waals surface area contributed by atoms with Crippen LogP contribution < -0.4 is 5.32 Å². The number of aromatic amines is 1. The molecule has 0 amide bonds. The summed E-state index contributed by atoms with van der Waals surface area (Å²) in [6.45, 7) is 2.72. The summed E-state index contributed by atoms with van der Waals surface area (Å²) < 4.78 is 1.80. The SMILES string of the molecule is Cc1nn(C)cc1NCc1cnc[nH]1. The molecular weight excluding hydrogens is 178 g/mol. The fraction of sp³-hybridized carbons (Fsp3) is 0.333. The third-order valence-corrected chi connectivity index (χ3v) is 2.04. The first-order valence-electron chi connectivity index (χ1n) is 4.47. The van der Waals surface area contributed by atoms with Crippen molar-refractivity contribution in [1.29, 1.82) is 0 Å². The maximum absolute atomic E-state index is 4.24. The number of hydrogen-bond acceptors (Lipinski definition) is 3. The summed E-state index contributed by atoms with van der Waals surface area (Å²) in [4.78, 5) is 6.98. The Morgan fingerprint density at radius 3 is 3.00 bits per heavy atom. The maximum Gasteiger partial charge on any atom is 0.0922 e. The number of anilines is 1. The molecule has 0 saturated heterocycles. The lowest BCUT2D eigenvalue weighted by atomic mass is 10.4. The minimum atomic E-state index is 0.743. The summed E-state index contributed by atoms with van der Waals surface area (Å²) in [6.07, 6.45) is 5.44. The van der Waals surface area contributed by atoms with Gasteiger partial charge in [-0.3, -0.25) is 4.68 Å². The van der Waals surface area contributed by atoms with E-state index in [2.05, 4.69) is 20.4 Å². The summed E-state index contributed by atoms with van der Waals surface area (Å²) in [5, 5.41) is 7.52. The number of imidazole rings is 1. The van der Waals surface area contributed by atoms with Crippen molar-refractivity contribution in [1.82, 2.24) is 19.7 Å². The van der Waals surface area contributed by atoms with Crippen molar-refractivity contribution in [2.75, 3.05) is 5.32 Å². The number of nitrogens with zero attached hydrogens (tertiary/aromatic N) is 3. The zero-order valence-electron chi connectivity index (χ0n) is 8.28. The second-order valence-electron chi connectivity index (χ2n) is 3.23. The standard InChI is InChI=1S/C9H13N5/c1-7-9(5-14(2)13-7)11-4-8-3-10-6-12-8/h3,5-6,11H,4H2,1-2H3,(H,10,12). The molecule has 0 aromatic carbocycles. The van der Waals surface area contributed by atoms with Crippen molar-refractivity contribution in [2.24, 2.45) is 7.05 Å². The monoisotopic (exact) mass is 191 g/mol. The molecule has 0 unspecified atom stereocenters. The van der Waals surface area contributed by atoms with Crippen molar-refractivity contribution >= 4 is 5.69 Å². The van der Waals surface area contributed by atoms with Crippen molar-refractivity contribution in [3.8, 4) is 0 Å². The third-order valence-electron chi connectivity index (χ3n) is 2.04. The van der Waals surface area contributed by atoms with Gasteiger partial charge in [-0.2, -0.15) is 5.10 Å². The van der Waals surface area contributed by atoms with Crippen molar-refractivity contribution in [2.45, 2.75) is 13.5 Å². The van der Waals surface area contributed by atoms with E-state index in [1.807, 2.05) is 20.2 Å². The molecule has 14 heavy (non-hydrogen) atoms. The first kappa shape index (κ1) is 8.80. The molecule has 2 rings (SSSR count). The van der Waals surface area contributed by atoms with Crippen LogP contribution in [0.2, 0.25) is 0 Å². The minimum absolute atomic E-state index is 0.743. The van der Waals surface area contributed by atoms with Crippen LogP contribution in [0.4, 0.5) is 5.69 Å². The van der Waals surface area contributed by atoms with E-state index >= 15 is 0 Å². The largest absolute Gasteiger partial charge is 0.377 e. The van der Waals surface area contributed by atoms with Crippen LogP contribution in [-0.4, -0.2) is 19.7 Å². The van der Waals surface area contributed by atoms with Gasteiger partial charge in [-0.1, -0.05) is 0 Å². The molecule has 0 bridgehead atoms. The van der Waals surface area contributed by atoms with Crippen molar-refractivity contribution < 1.29 is 0 Å². The molecule has 0 aliphatic rings. The van der Waals surface area contributed by atoms with Crippen LogP contribution in [0.3, 0.4) is 0 Å². The van der Waals surface area contributed by atoms with E-state index < -0.39 is 0 Å². The lowest BCUT2D eigenvalue weighted by Crippen LogP contribution is -1.99. The average Bonchev–Trinajstić information content (AvgIpc) is 2.72. The van der Waals surface area contributed by atoms with Gasteiger partial charge in [0.1, 0.15) is 0 Å². The lowest BCUT2D eigenvalue weighted by Gasteiger charge is -2.01. The fourth-order valence-electron chi connectivity index (χ4n) is 1.34. The average molecular weight is 191 g/mol. The van der Waals surface area contributed by atoms with Gasteiger partial charge in [-0.15, -0.1) is 0 Å². The van der Waals surface area contributed by atoms with Crippen LogP contribution in [-0.2, 0) is 13.6 Å². The molecule has 2 aromatic rings. The molecule has 0 spiro atoms. The molecule has 2 aromatic heterocycles. The minimum Gasteiger partial charge on any atom is -0.377 e. The highest BCUT2D eigenvalue weighted by atomic mass is 15.3. The highest BCUT2D eigenvalue weighted by Crippen LogP contribution is 2.11. The second-order valence-corrected chi connectivity index (χ2v) is 3.23. The molecule has 0 aliphatic carbocycles. The van der Waals surface area contributed by atoms with Crippen LogP contribution >= 0.6 is 0 Å².